The Bertz CT molecular complexity index is 955. The molecule has 8 heteroatoms. The van der Waals surface area contributed by atoms with Gasteiger partial charge >= 0.3 is 0 Å². The highest BCUT2D eigenvalue weighted by atomic mass is 16.2. The van der Waals surface area contributed by atoms with Crippen LogP contribution in [0.3, 0.4) is 0 Å². The first-order valence-electron chi connectivity index (χ1n) is 9.55. The molecule has 1 saturated heterocycles. The average Bonchev–Trinajstić information content (AvgIpc) is 3.41. The molecule has 0 unspecified atom stereocenters. The lowest BCUT2D eigenvalue weighted by molar-refractivity contribution is -0.123. The van der Waals surface area contributed by atoms with Crippen LogP contribution < -0.4 is 10.9 Å². The molecular weight excluding hydrogens is 344 g/mol. The lowest BCUT2D eigenvalue weighted by Gasteiger charge is -2.33. The van der Waals surface area contributed by atoms with Crippen molar-refractivity contribution in [1.29, 1.82) is 0 Å². The van der Waals surface area contributed by atoms with E-state index in [2.05, 4.69) is 26.9 Å². The van der Waals surface area contributed by atoms with Crippen LogP contribution in [0.2, 0.25) is 0 Å². The number of aryl methyl sites for hydroxylation is 1. The third kappa shape index (κ3) is 3.53. The van der Waals surface area contributed by atoms with Crippen molar-refractivity contribution >= 4 is 22.5 Å². The maximum Gasteiger partial charge on any atom is 0.295 e. The van der Waals surface area contributed by atoms with Crippen LogP contribution in [0.5, 0.6) is 0 Å². The zero-order valence-corrected chi connectivity index (χ0v) is 15.9. The number of aromatic nitrogens is 4. The van der Waals surface area contributed by atoms with Gasteiger partial charge in [-0.25, -0.2) is 9.67 Å². The summed E-state index contributed by atoms with van der Waals surface area (Å²) in [4.78, 5) is 31.9. The zero-order valence-electron chi connectivity index (χ0n) is 15.9. The molecule has 1 amide bonds. The summed E-state index contributed by atoms with van der Waals surface area (Å²) >= 11 is 0. The number of allylic oxidation sites excluding steroid dienone is 1. The smallest absolute Gasteiger partial charge is 0.295 e. The molecule has 27 heavy (non-hydrogen) atoms. The Morgan fingerprint density at radius 3 is 2.85 bits per heavy atom. The molecule has 0 aromatic carbocycles. The number of imidazole rings is 1. The van der Waals surface area contributed by atoms with E-state index in [0.29, 0.717) is 22.8 Å². The highest BCUT2D eigenvalue weighted by Gasteiger charge is 2.33. The van der Waals surface area contributed by atoms with Crippen molar-refractivity contribution < 1.29 is 4.79 Å². The first-order chi connectivity index (χ1) is 12.9. The predicted octanol–water partition coefficient (Wildman–Crippen LogP) is 0.906. The van der Waals surface area contributed by atoms with Crippen LogP contribution in [-0.2, 0) is 18.4 Å². The van der Waals surface area contributed by atoms with Gasteiger partial charge in [-0.15, -0.1) is 0 Å². The molecule has 0 spiro atoms. The fraction of sp³-hybridized carbons (Fsp3) is 0.579. The first kappa shape index (κ1) is 17.9. The highest BCUT2D eigenvalue weighted by molar-refractivity contribution is 5.85. The quantitative estimate of drug-likeness (QED) is 0.845. The molecule has 1 aliphatic carbocycles. The summed E-state index contributed by atoms with van der Waals surface area (Å²) in [6.07, 6.45) is 6.20. The molecule has 1 N–H and O–H groups in total. The topological polar surface area (TPSA) is 85.1 Å². The molecule has 2 aromatic rings. The van der Waals surface area contributed by atoms with Gasteiger partial charge in [0, 0.05) is 25.7 Å². The van der Waals surface area contributed by atoms with Gasteiger partial charge < -0.3 is 9.88 Å². The van der Waals surface area contributed by atoms with Crippen LogP contribution in [0.15, 0.2) is 17.7 Å². The Kier molecular flexibility index (Phi) is 4.59. The summed E-state index contributed by atoms with van der Waals surface area (Å²) < 4.78 is 2.96. The van der Waals surface area contributed by atoms with Crippen LogP contribution in [0.1, 0.15) is 38.3 Å². The fourth-order valence-corrected chi connectivity index (χ4v) is 3.90. The average molecular weight is 370 g/mol. The number of nitrogens with one attached hydrogen (secondary N) is 1. The van der Waals surface area contributed by atoms with Crippen LogP contribution in [0, 0.1) is 0 Å². The van der Waals surface area contributed by atoms with Gasteiger partial charge in [0.1, 0.15) is 17.8 Å². The molecule has 0 bridgehead atoms. The van der Waals surface area contributed by atoms with Crippen LogP contribution in [0.4, 0.5) is 0 Å². The Morgan fingerprint density at radius 1 is 1.37 bits per heavy atom. The molecule has 4 rings (SSSR count). The normalized spacial score (nSPS) is 20.7. The number of amides is 1. The third-order valence-electron chi connectivity index (χ3n) is 5.40. The van der Waals surface area contributed by atoms with E-state index < -0.39 is 0 Å². The van der Waals surface area contributed by atoms with Crippen LogP contribution in [0.25, 0.3) is 16.6 Å². The lowest BCUT2D eigenvalue weighted by Crippen LogP contribution is -2.49. The molecular formula is C19H26N6O2. The van der Waals surface area contributed by atoms with Gasteiger partial charge in [-0.2, -0.15) is 5.10 Å². The molecule has 2 aliphatic rings. The van der Waals surface area contributed by atoms with Crippen molar-refractivity contribution in [1.82, 2.24) is 29.5 Å². The second kappa shape index (κ2) is 6.92. The van der Waals surface area contributed by atoms with E-state index in [-0.39, 0.29) is 24.1 Å². The van der Waals surface area contributed by atoms with Gasteiger partial charge in [-0.05, 0) is 44.7 Å². The monoisotopic (exact) mass is 370 g/mol. The van der Waals surface area contributed by atoms with Gasteiger partial charge in [-0.1, -0.05) is 6.58 Å². The molecule has 144 valence electrons. The molecule has 1 aliphatic heterocycles. The van der Waals surface area contributed by atoms with E-state index in [1.807, 2.05) is 14.0 Å². The van der Waals surface area contributed by atoms with Crippen LogP contribution in [-0.4, -0.2) is 55.3 Å². The molecule has 1 atom stereocenters. The number of hydrogen-bond donors (Lipinski definition) is 1. The van der Waals surface area contributed by atoms with E-state index in [1.165, 1.54) is 17.5 Å². The first-order valence-corrected chi connectivity index (χ1v) is 9.55. The summed E-state index contributed by atoms with van der Waals surface area (Å²) in [5, 5.41) is 7.47. The summed E-state index contributed by atoms with van der Waals surface area (Å²) in [6.45, 7) is 7.69. The lowest BCUT2D eigenvalue weighted by atomic mass is 10.1. The summed E-state index contributed by atoms with van der Waals surface area (Å²) in [7, 11) is 1.81. The molecule has 8 nitrogen and oxygen atoms in total. The molecule has 0 radical (unpaired) electrons. The number of carbonyl (C=O) groups excluding carboxylic acids is 1. The minimum Gasteiger partial charge on any atom is -0.350 e. The van der Waals surface area contributed by atoms with Crippen molar-refractivity contribution in [3.05, 3.63) is 29.0 Å². The van der Waals surface area contributed by atoms with E-state index >= 15 is 0 Å². The minimum atomic E-state index is -0.353. The number of nitrogens with zero attached hydrogens (tertiary/aromatic N) is 5. The SMILES string of the molecule is C=C(C)c1nn(CC(=O)N[C@@H]2CCCN(C3CC3)C2)c(=O)c2ncn(C)c12. The maximum absolute atomic E-state index is 12.7. The second-order valence-corrected chi connectivity index (χ2v) is 7.78. The number of piperidine rings is 1. The predicted molar refractivity (Wildman–Crippen MR) is 103 cm³/mol. The zero-order chi connectivity index (χ0) is 19.1. The molecule has 1 saturated carbocycles. The molecule has 3 heterocycles. The summed E-state index contributed by atoms with van der Waals surface area (Å²) in [5.74, 6) is -0.185. The van der Waals surface area contributed by atoms with Gasteiger partial charge in [0.15, 0.2) is 5.52 Å². The fourth-order valence-electron chi connectivity index (χ4n) is 3.90. The van der Waals surface area contributed by atoms with Gasteiger partial charge in [0.05, 0.1) is 6.33 Å². The van der Waals surface area contributed by atoms with Gasteiger partial charge in [-0.3, -0.25) is 14.5 Å². The van der Waals surface area contributed by atoms with Crippen molar-refractivity contribution in [2.75, 3.05) is 13.1 Å². The van der Waals surface area contributed by atoms with E-state index in [9.17, 15) is 9.59 Å². The molecule has 2 fully saturated rings. The summed E-state index contributed by atoms with van der Waals surface area (Å²) in [6, 6.07) is 0.848. The maximum atomic E-state index is 12.7. The molecule has 2 aromatic heterocycles. The number of hydrogen-bond acceptors (Lipinski definition) is 5. The number of carbonyl (C=O) groups is 1. The van der Waals surface area contributed by atoms with Gasteiger partial charge in [0.25, 0.3) is 5.56 Å². The highest BCUT2D eigenvalue weighted by Crippen LogP contribution is 2.29. The number of fused-ring (bicyclic) bond motifs is 1. The van der Waals surface area contributed by atoms with E-state index in [4.69, 9.17) is 0 Å². The summed E-state index contributed by atoms with van der Waals surface area (Å²) in [5.41, 5.74) is 1.93. The number of likely N-dealkylation sites (tertiary alicyclic amines) is 1. The van der Waals surface area contributed by atoms with Gasteiger partial charge in [0.2, 0.25) is 5.91 Å². The Labute approximate surface area is 157 Å². The van der Waals surface area contributed by atoms with E-state index in [1.54, 1.807) is 10.9 Å². The van der Waals surface area contributed by atoms with Crippen molar-refractivity contribution in [2.24, 2.45) is 7.05 Å². The Morgan fingerprint density at radius 2 is 2.15 bits per heavy atom. The van der Waals surface area contributed by atoms with Crippen LogP contribution >= 0.6 is 0 Å². The largest absolute Gasteiger partial charge is 0.350 e. The van der Waals surface area contributed by atoms with E-state index in [0.717, 1.165) is 31.5 Å². The van der Waals surface area contributed by atoms with Crippen molar-refractivity contribution in [3.63, 3.8) is 0 Å². The third-order valence-corrected chi connectivity index (χ3v) is 5.40. The van der Waals surface area contributed by atoms with Crippen molar-refractivity contribution in [2.45, 2.75) is 51.2 Å². The minimum absolute atomic E-state index is 0.106. The number of rotatable bonds is 5. The van der Waals surface area contributed by atoms with Crippen molar-refractivity contribution in [3.8, 4) is 0 Å². The standard InChI is InChI=1S/C19H26N6O2/c1-12(2)16-18-17(20-11-23(18)3)19(27)25(22-16)10-15(26)21-13-5-4-8-24(9-13)14-6-7-14/h11,13-14H,1,4-10H2,2-3H3,(H,21,26)/t13-/m1/s1. The second-order valence-electron chi connectivity index (χ2n) is 7.78. The Hall–Kier alpha value is -2.48. The Balaban J connectivity index is 1.52.